The van der Waals surface area contributed by atoms with Crippen molar-refractivity contribution in [1.29, 1.82) is 0 Å². The molecule has 4 aromatic rings. The number of carbonyl (C=O) groups excluding carboxylic acids is 1. The summed E-state index contributed by atoms with van der Waals surface area (Å²) >= 11 is 5.43. The average molecular weight is 665 g/mol. The highest BCUT2D eigenvalue weighted by Gasteiger charge is 2.14. The number of fused-ring (bicyclic) bond motifs is 1. The Morgan fingerprint density at radius 1 is 1.25 bits per heavy atom. The van der Waals surface area contributed by atoms with Crippen LogP contribution in [0, 0.1) is 16.3 Å². The Hall–Kier alpha value is -3.32. The summed E-state index contributed by atoms with van der Waals surface area (Å²) in [7, 11) is 1.48. The number of rotatable bonds is 7. The van der Waals surface area contributed by atoms with E-state index in [4.69, 9.17) is 9.47 Å². The number of carbonyl (C=O) groups is 1. The van der Waals surface area contributed by atoms with Crippen LogP contribution in [0.2, 0.25) is 0 Å². The van der Waals surface area contributed by atoms with Gasteiger partial charge in [0, 0.05) is 10.2 Å². The zero-order chi connectivity index (χ0) is 25.8. The summed E-state index contributed by atoms with van der Waals surface area (Å²) in [6.45, 7) is 1.40. The second-order valence-corrected chi connectivity index (χ2v) is 9.64. The van der Waals surface area contributed by atoms with E-state index >= 15 is 0 Å². The van der Waals surface area contributed by atoms with E-state index in [9.17, 15) is 14.0 Å². The lowest BCUT2D eigenvalue weighted by Crippen LogP contribution is -2.21. The van der Waals surface area contributed by atoms with Gasteiger partial charge in [-0.05, 0) is 83.6 Å². The smallest absolute Gasteiger partial charge is 0.282 e. The van der Waals surface area contributed by atoms with Gasteiger partial charge in [-0.2, -0.15) is 9.78 Å². The number of halogens is 3. The number of benzene rings is 3. The second-order valence-electron chi connectivity index (χ2n) is 7.56. The quantitative estimate of drug-likeness (QED) is 0.219. The molecule has 11 heteroatoms. The Kier molecular flexibility index (Phi) is 7.99. The Labute approximate surface area is 227 Å². The number of hydrogen-bond donors (Lipinski definition) is 1. The summed E-state index contributed by atoms with van der Waals surface area (Å²) in [5, 5.41) is 7.36. The molecule has 0 bridgehead atoms. The number of hydrogen-bond acceptors (Lipinski definition) is 6. The van der Waals surface area contributed by atoms with Crippen LogP contribution in [-0.4, -0.2) is 35.5 Å². The molecule has 0 aliphatic heterocycles. The van der Waals surface area contributed by atoms with Crippen molar-refractivity contribution in [1.82, 2.24) is 9.66 Å². The zero-order valence-electron chi connectivity index (χ0n) is 19.1. The number of ether oxygens (including phenoxy) is 2. The van der Waals surface area contributed by atoms with Crippen molar-refractivity contribution in [3.05, 3.63) is 90.2 Å². The van der Waals surface area contributed by atoms with Crippen LogP contribution in [0.3, 0.4) is 0 Å². The normalized spacial score (nSPS) is 11.1. The highest BCUT2D eigenvalue weighted by atomic mass is 127. The van der Waals surface area contributed by atoms with E-state index in [0.717, 1.165) is 4.47 Å². The fourth-order valence-electron chi connectivity index (χ4n) is 3.38. The molecule has 8 nitrogen and oxygen atoms in total. The molecule has 1 heterocycles. The lowest BCUT2D eigenvalue weighted by molar-refractivity contribution is -0.118. The Balaban J connectivity index is 1.54. The first-order valence-electron chi connectivity index (χ1n) is 10.5. The van der Waals surface area contributed by atoms with Gasteiger partial charge in [-0.1, -0.05) is 22.0 Å². The molecule has 0 fully saturated rings. The standard InChI is InChI=1S/C25H19BrFIN4O4/c1-14-30-21-7-6-16(26)10-19(21)25(34)32(14)29-12-15-8-20(28)24(22(9-15)35-2)36-13-23(33)31-18-5-3-4-17(27)11-18/h3-12H,13H2,1-2H3,(H,31,33). The topological polar surface area (TPSA) is 94.8 Å². The summed E-state index contributed by atoms with van der Waals surface area (Å²) in [5.41, 5.74) is 1.28. The molecule has 1 aromatic heterocycles. The first-order valence-corrected chi connectivity index (χ1v) is 12.4. The molecule has 0 saturated carbocycles. The fraction of sp³-hybridized carbons (Fsp3) is 0.120. The third-order valence-electron chi connectivity index (χ3n) is 5.00. The molecule has 3 aromatic carbocycles. The van der Waals surface area contributed by atoms with Crippen LogP contribution in [-0.2, 0) is 4.79 Å². The van der Waals surface area contributed by atoms with Gasteiger partial charge in [-0.25, -0.2) is 9.37 Å². The van der Waals surface area contributed by atoms with E-state index in [1.54, 1.807) is 37.3 Å². The van der Waals surface area contributed by atoms with E-state index in [-0.39, 0.29) is 12.2 Å². The van der Waals surface area contributed by atoms with Crippen molar-refractivity contribution < 1.29 is 18.7 Å². The van der Waals surface area contributed by atoms with E-state index < -0.39 is 11.7 Å². The number of amides is 1. The summed E-state index contributed by atoms with van der Waals surface area (Å²) in [4.78, 5) is 29.7. The molecular weight excluding hydrogens is 646 g/mol. The third-order valence-corrected chi connectivity index (χ3v) is 6.29. The molecule has 4 rings (SSSR count). The largest absolute Gasteiger partial charge is 0.493 e. The van der Waals surface area contributed by atoms with Crippen molar-refractivity contribution in [2.24, 2.45) is 5.10 Å². The van der Waals surface area contributed by atoms with Crippen molar-refractivity contribution in [2.45, 2.75) is 6.92 Å². The Morgan fingerprint density at radius 2 is 2.06 bits per heavy atom. The molecule has 0 atom stereocenters. The maximum atomic E-state index is 13.3. The molecule has 0 radical (unpaired) electrons. The number of aromatic nitrogens is 2. The first kappa shape index (κ1) is 25.8. The minimum Gasteiger partial charge on any atom is -0.493 e. The van der Waals surface area contributed by atoms with Gasteiger partial charge in [0.1, 0.15) is 11.6 Å². The summed E-state index contributed by atoms with van der Waals surface area (Å²) in [5.74, 6) is 0.292. The number of nitrogens with zero attached hydrogens (tertiary/aromatic N) is 3. The van der Waals surface area contributed by atoms with Gasteiger partial charge in [-0.15, -0.1) is 0 Å². The van der Waals surface area contributed by atoms with Crippen LogP contribution < -0.4 is 20.3 Å². The lowest BCUT2D eigenvalue weighted by Gasteiger charge is -2.13. The van der Waals surface area contributed by atoms with Crippen LogP contribution in [0.1, 0.15) is 11.4 Å². The summed E-state index contributed by atoms with van der Waals surface area (Å²) in [6, 6.07) is 14.3. The Bertz CT molecular complexity index is 1560. The zero-order valence-corrected chi connectivity index (χ0v) is 22.8. The van der Waals surface area contributed by atoms with Gasteiger partial charge in [0.2, 0.25) is 0 Å². The molecule has 0 aliphatic rings. The van der Waals surface area contributed by atoms with Crippen LogP contribution in [0.25, 0.3) is 10.9 Å². The summed E-state index contributed by atoms with van der Waals surface area (Å²) in [6.07, 6.45) is 1.52. The van der Waals surface area contributed by atoms with Crippen LogP contribution in [0.5, 0.6) is 11.5 Å². The van der Waals surface area contributed by atoms with Crippen molar-refractivity contribution in [2.75, 3.05) is 19.0 Å². The molecule has 0 aliphatic carbocycles. The molecular formula is C25H19BrFIN4O4. The van der Waals surface area contributed by atoms with Crippen LogP contribution >= 0.6 is 38.5 Å². The highest BCUT2D eigenvalue weighted by Crippen LogP contribution is 2.33. The predicted octanol–water partition coefficient (Wildman–Crippen LogP) is 5.12. The number of aryl methyl sites for hydroxylation is 1. The number of nitrogens with one attached hydrogen (secondary N) is 1. The molecule has 0 spiro atoms. The van der Waals surface area contributed by atoms with Crippen molar-refractivity contribution >= 4 is 67.2 Å². The monoisotopic (exact) mass is 664 g/mol. The fourth-order valence-corrected chi connectivity index (χ4v) is 4.52. The van der Waals surface area contributed by atoms with E-state index in [1.165, 1.54) is 36.2 Å². The van der Waals surface area contributed by atoms with Gasteiger partial charge >= 0.3 is 0 Å². The molecule has 1 N–H and O–H groups in total. The minimum absolute atomic E-state index is 0.291. The van der Waals surface area contributed by atoms with Gasteiger partial charge in [-0.3, -0.25) is 9.59 Å². The number of anilines is 1. The predicted molar refractivity (Wildman–Crippen MR) is 148 cm³/mol. The van der Waals surface area contributed by atoms with Crippen molar-refractivity contribution in [3.8, 4) is 11.5 Å². The minimum atomic E-state index is -0.452. The van der Waals surface area contributed by atoms with Gasteiger partial charge in [0.25, 0.3) is 11.5 Å². The van der Waals surface area contributed by atoms with Gasteiger partial charge < -0.3 is 14.8 Å². The maximum absolute atomic E-state index is 13.3. The second kappa shape index (κ2) is 11.2. The van der Waals surface area contributed by atoms with Crippen LogP contribution in [0.4, 0.5) is 10.1 Å². The van der Waals surface area contributed by atoms with Crippen molar-refractivity contribution in [3.63, 3.8) is 0 Å². The lowest BCUT2D eigenvalue weighted by atomic mass is 10.2. The molecule has 36 heavy (non-hydrogen) atoms. The Morgan fingerprint density at radius 3 is 2.81 bits per heavy atom. The van der Waals surface area contributed by atoms with Gasteiger partial charge in [0.05, 0.1) is 27.8 Å². The van der Waals surface area contributed by atoms with E-state index in [0.29, 0.717) is 43.0 Å². The van der Waals surface area contributed by atoms with Crippen LogP contribution in [0.15, 0.2) is 69.0 Å². The first-order chi connectivity index (χ1) is 17.2. The summed E-state index contributed by atoms with van der Waals surface area (Å²) < 4.78 is 27.1. The average Bonchev–Trinajstić information content (AvgIpc) is 2.83. The SMILES string of the molecule is COc1cc(C=Nn2c(C)nc3ccc(Br)cc3c2=O)cc(I)c1OCC(=O)Nc1cccc(F)c1. The molecule has 0 unspecified atom stereocenters. The third kappa shape index (κ3) is 5.90. The van der Waals surface area contributed by atoms with E-state index in [2.05, 4.69) is 53.9 Å². The van der Waals surface area contributed by atoms with E-state index in [1.807, 2.05) is 6.07 Å². The molecule has 184 valence electrons. The van der Waals surface area contributed by atoms with Gasteiger partial charge in [0.15, 0.2) is 18.1 Å². The molecule has 1 amide bonds. The highest BCUT2D eigenvalue weighted by molar-refractivity contribution is 14.1. The molecule has 0 saturated heterocycles. The maximum Gasteiger partial charge on any atom is 0.282 e. The number of methoxy groups -OCH3 is 1.